The maximum absolute atomic E-state index is 12.2. The molecule has 1 aromatic rings. The smallest absolute Gasteiger partial charge is 0.362 e. The average molecular weight is 234 g/mol. The standard InChI is InChI=1S/C10H9F3O3/c1-16-9(15)8(14)6-2-4-7(5-3-6)10(11,12)13/h2-5,9,15H,1H3. The Morgan fingerprint density at radius 1 is 1.31 bits per heavy atom. The van der Waals surface area contributed by atoms with Crippen LogP contribution in [0.4, 0.5) is 13.2 Å². The van der Waals surface area contributed by atoms with Gasteiger partial charge in [0.15, 0.2) is 0 Å². The number of rotatable bonds is 3. The Balaban J connectivity index is 2.91. The first-order valence-electron chi connectivity index (χ1n) is 4.28. The molecule has 0 heterocycles. The number of carbonyl (C=O) groups is 1. The van der Waals surface area contributed by atoms with Crippen LogP contribution in [-0.2, 0) is 10.9 Å². The lowest BCUT2D eigenvalue weighted by molar-refractivity contribution is -0.137. The highest BCUT2D eigenvalue weighted by molar-refractivity contribution is 5.98. The van der Waals surface area contributed by atoms with E-state index in [1.165, 1.54) is 0 Å². The number of benzene rings is 1. The van der Waals surface area contributed by atoms with Gasteiger partial charge in [0.05, 0.1) is 5.56 Å². The predicted octanol–water partition coefficient (Wildman–Crippen LogP) is 1.85. The molecule has 0 aliphatic carbocycles. The van der Waals surface area contributed by atoms with Crippen LogP contribution in [0.25, 0.3) is 0 Å². The number of Topliss-reactive ketones (excluding diaryl/α,β-unsaturated/α-hetero) is 1. The zero-order valence-corrected chi connectivity index (χ0v) is 8.28. The van der Waals surface area contributed by atoms with Crippen molar-refractivity contribution >= 4 is 5.78 Å². The summed E-state index contributed by atoms with van der Waals surface area (Å²) >= 11 is 0. The summed E-state index contributed by atoms with van der Waals surface area (Å²) in [7, 11) is 1.12. The second-order valence-electron chi connectivity index (χ2n) is 3.03. The van der Waals surface area contributed by atoms with Crippen molar-refractivity contribution in [3.8, 4) is 0 Å². The van der Waals surface area contributed by atoms with Gasteiger partial charge in [-0.1, -0.05) is 12.1 Å². The molecule has 0 aliphatic rings. The molecule has 1 atom stereocenters. The molecule has 0 radical (unpaired) electrons. The van der Waals surface area contributed by atoms with E-state index in [0.29, 0.717) is 0 Å². The normalized spacial score (nSPS) is 13.6. The number of ether oxygens (including phenoxy) is 1. The molecule has 0 saturated heterocycles. The molecule has 0 spiro atoms. The third-order valence-corrected chi connectivity index (χ3v) is 1.94. The molecular formula is C10H9F3O3. The predicted molar refractivity (Wildman–Crippen MR) is 48.8 cm³/mol. The summed E-state index contributed by atoms with van der Waals surface area (Å²) in [5.74, 6) is -0.781. The van der Waals surface area contributed by atoms with Gasteiger partial charge in [-0.15, -0.1) is 0 Å². The monoisotopic (exact) mass is 234 g/mol. The van der Waals surface area contributed by atoms with E-state index < -0.39 is 23.8 Å². The van der Waals surface area contributed by atoms with Crippen molar-refractivity contribution in [3.63, 3.8) is 0 Å². The zero-order chi connectivity index (χ0) is 12.3. The van der Waals surface area contributed by atoms with Crippen molar-refractivity contribution in [2.75, 3.05) is 7.11 Å². The third kappa shape index (κ3) is 2.80. The molecule has 6 heteroatoms. The minimum Gasteiger partial charge on any atom is -0.362 e. The summed E-state index contributed by atoms with van der Waals surface area (Å²) in [6.45, 7) is 0. The molecule has 1 unspecified atom stereocenters. The van der Waals surface area contributed by atoms with Gasteiger partial charge in [-0.3, -0.25) is 4.79 Å². The Bertz CT molecular complexity index is 370. The number of hydrogen-bond donors (Lipinski definition) is 1. The summed E-state index contributed by atoms with van der Waals surface area (Å²) in [4.78, 5) is 11.3. The molecule has 1 aromatic carbocycles. The number of carbonyl (C=O) groups excluding carboxylic acids is 1. The summed E-state index contributed by atoms with van der Waals surface area (Å²) < 4.78 is 40.9. The van der Waals surface area contributed by atoms with E-state index >= 15 is 0 Å². The Hall–Kier alpha value is -1.40. The Morgan fingerprint density at radius 2 is 1.81 bits per heavy atom. The van der Waals surface area contributed by atoms with Crippen LogP contribution < -0.4 is 0 Å². The Kier molecular flexibility index (Phi) is 3.66. The van der Waals surface area contributed by atoms with Crippen LogP contribution in [0.1, 0.15) is 15.9 Å². The Labute approximate surface area is 89.5 Å². The van der Waals surface area contributed by atoms with E-state index in [4.69, 9.17) is 5.11 Å². The lowest BCUT2D eigenvalue weighted by Gasteiger charge is -2.09. The van der Waals surface area contributed by atoms with Gasteiger partial charge in [-0.05, 0) is 12.1 Å². The van der Waals surface area contributed by atoms with Crippen LogP contribution in [0.3, 0.4) is 0 Å². The van der Waals surface area contributed by atoms with E-state index in [1.54, 1.807) is 0 Å². The molecular weight excluding hydrogens is 225 g/mol. The van der Waals surface area contributed by atoms with E-state index in [-0.39, 0.29) is 5.56 Å². The number of ketones is 1. The second-order valence-corrected chi connectivity index (χ2v) is 3.03. The van der Waals surface area contributed by atoms with Gasteiger partial charge in [0.25, 0.3) is 0 Å². The molecule has 88 valence electrons. The summed E-state index contributed by atoms with van der Waals surface area (Å²) in [5.41, 5.74) is -0.890. The van der Waals surface area contributed by atoms with Crippen molar-refractivity contribution in [1.82, 2.24) is 0 Å². The minimum atomic E-state index is -4.44. The average Bonchev–Trinajstić information content (AvgIpc) is 2.26. The van der Waals surface area contributed by atoms with Crippen LogP contribution in [0.2, 0.25) is 0 Å². The van der Waals surface area contributed by atoms with Crippen LogP contribution in [0.15, 0.2) is 24.3 Å². The van der Waals surface area contributed by atoms with Gasteiger partial charge in [0.1, 0.15) is 0 Å². The maximum atomic E-state index is 12.2. The molecule has 0 saturated carbocycles. The third-order valence-electron chi connectivity index (χ3n) is 1.94. The number of methoxy groups -OCH3 is 1. The molecule has 0 amide bonds. The van der Waals surface area contributed by atoms with Gasteiger partial charge in [-0.2, -0.15) is 13.2 Å². The number of alkyl halides is 3. The molecule has 3 nitrogen and oxygen atoms in total. The molecule has 0 fully saturated rings. The van der Waals surface area contributed by atoms with Gasteiger partial charge in [0, 0.05) is 12.7 Å². The largest absolute Gasteiger partial charge is 0.416 e. The lowest BCUT2D eigenvalue weighted by atomic mass is 10.1. The zero-order valence-electron chi connectivity index (χ0n) is 8.28. The number of hydrogen-bond acceptors (Lipinski definition) is 3. The van der Waals surface area contributed by atoms with E-state index in [1.807, 2.05) is 0 Å². The lowest BCUT2D eigenvalue weighted by Crippen LogP contribution is -2.22. The van der Waals surface area contributed by atoms with Gasteiger partial charge in [0.2, 0.25) is 12.1 Å². The number of aliphatic hydroxyl groups is 1. The first-order chi connectivity index (χ1) is 7.36. The van der Waals surface area contributed by atoms with Crippen LogP contribution >= 0.6 is 0 Å². The summed E-state index contributed by atoms with van der Waals surface area (Å²) in [6.07, 6.45) is -6.10. The van der Waals surface area contributed by atoms with E-state index in [9.17, 15) is 18.0 Å². The summed E-state index contributed by atoms with van der Waals surface area (Å²) in [6, 6.07) is 3.53. The summed E-state index contributed by atoms with van der Waals surface area (Å²) in [5, 5.41) is 9.02. The van der Waals surface area contributed by atoms with Crippen LogP contribution in [0, 0.1) is 0 Å². The molecule has 0 aromatic heterocycles. The van der Waals surface area contributed by atoms with Gasteiger partial charge >= 0.3 is 6.18 Å². The second kappa shape index (κ2) is 4.63. The van der Waals surface area contributed by atoms with Crippen molar-refractivity contribution in [1.29, 1.82) is 0 Å². The first-order valence-corrected chi connectivity index (χ1v) is 4.28. The van der Waals surface area contributed by atoms with Crippen molar-refractivity contribution in [2.24, 2.45) is 0 Å². The molecule has 1 rings (SSSR count). The fraction of sp³-hybridized carbons (Fsp3) is 0.300. The molecule has 16 heavy (non-hydrogen) atoms. The number of aliphatic hydroxyl groups excluding tert-OH is 1. The van der Waals surface area contributed by atoms with Crippen molar-refractivity contribution < 1.29 is 27.8 Å². The highest BCUT2D eigenvalue weighted by Crippen LogP contribution is 2.29. The van der Waals surface area contributed by atoms with E-state index in [0.717, 1.165) is 31.4 Å². The molecule has 0 bridgehead atoms. The minimum absolute atomic E-state index is 0.0395. The molecule has 1 N–H and O–H groups in total. The number of halogens is 3. The fourth-order valence-corrected chi connectivity index (χ4v) is 1.07. The fourth-order valence-electron chi connectivity index (χ4n) is 1.07. The van der Waals surface area contributed by atoms with E-state index in [2.05, 4.69) is 4.74 Å². The van der Waals surface area contributed by atoms with Gasteiger partial charge in [-0.25, -0.2) is 0 Å². The topological polar surface area (TPSA) is 46.5 Å². The van der Waals surface area contributed by atoms with Crippen LogP contribution in [-0.4, -0.2) is 24.3 Å². The van der Waals surface area contributed by atoms with Crippen molar-refractivity contribution in [2.45, 2.75) is 12.5 Å². The first kappa shape index (κ1) is 12.7. The van der Waals surface area contributed by atoms with Crippen molar-refractivity contribution in [3.05, 3.63) is 35.4 Å². The molecule has 0 aliphatic heterocycles. The highest BCUT2D eigenvalue weighted by Gasteiger charge is 2.30. The Morgan fingerprint density at radius 3 is 2.19 bits per heavy atom. The SMILES string of the molecule is COC(O)C(=O)c1ccc(C(F)(F)F)cc1. The highest BCUT2D eigenvalue weighted by atomic mass is 19.4. The maximum Gasteiger partial charge on any atom is 0.416 e. The van der Waals surface area contributed by atoms with Gasteiger partial charge < -0.3 is 9.84 Å². The quantitative estimate of drug-likeness (QED) is 0.641. The van der Waals surface area contributed by atoms with Crippen LogP contribution in [0.5, 0.6) is 0 Å².